The molecule has 3 heteroatoms. The fraction of sp³-hybridized carbons (Fsp3) is 0.667. The Morgan fingerprint density at radius 3 is 2.52 bits per heavy atom. The zero-order valence-electron chi connectivity index (χ0n) is 13.6. The average molecular weight is 309 g/mol. The van der Waals surface area contributed by atoms with Gasteiger partial charge >= 0.3 is 0 Å². The topological polar surface area (TPSA) is 29.3 Å². The van der Waals surface area contributed by atoms with Gasteiger partial charge in [0.05, 0.1) is 0 Å². The van der Waals surface area contributed by atoms with Crippen molar-refractivity contribution in [2.45, 2.75) is 57.5 Å². The van der Waals surface area contributed by atoms with E-state index in [2.05, 4.69) is 37.9 Å². The van der Waals surface area contributed by atoms with Crippen LogP contribution in [0.15, 0.2) is 24.3 Å². The highest BCUT2D eigenvalue weighted by molar-refractivity contribution is 6.30. The minimum absolute atomic E-state index is 0.00948. The fourth-order valence-corrected chi connectivity index (χ4v) is 3.70. The second-order valence-corrected chi connectivity index (χ2v) is 7.48. The molecule has 0 saturated heterocycles. The average Bonchev–Trinajstić information content (AvgIpc) is 2.48. The molecule has 1 saturated carbocycles. The molecular weight excluding hydrogens is 280 g/mol. The van der Waals surface area contributed by atoms with Gasteiger partial charge < -0.3 is 5.73 Å². The minimum Gasteiger partial charge on any atom is -0.329 e. The zero-order valence-corrected chi connectivity index (χ0v) is 14.4. The zero-order chi connectivity index (χ0) is 15.5. The predicted octanol–water partition coefficient (Wildman–Crippen LogP) is 4.11. The van der Waals surface area contributed by atoms with Crippen molar-refractivity contribution in [1.82, 2.24) is 4.90 Å². The first kappa shape index (κ1) is 16.8. The smallest absolute Gasteiger partial charge is 0.0406 e. The molecule has 1 aromatic rings. The van der Waals surface area contributed by atoms with Crippen LogP contribution in [0, 0.1) is 5.92 Å². The standard InChI is InChI=1S/C18H29ClN2/c1-14-5-4-6-17(11-14)21(3)18(2,13-20)12-15-7-9-16(19)10-8-15/h7-10,14,17H,4-6,11-13,20H2,1-3H3. The van der Waals surface area contributed by atoms with Crippen molar-refractivity contribution in [2.75, 3.05) is 13.6 Å². The molecule has 0 spiro atoms. The van der Waals surface area contributed by atoms with Gasteiger partial charge in [-0.05, 0) is 56.8 Å². The van der Waals surface area contributed by atoms with Crippen molar-refractivity contribution in [3.05, 3.63) is 34.9 Å². The molecule has 0 aromatic heterocycles. The second kappa shape index (κ2) is 7.13. The summed E-state index contributed by atoms with van der Waals surface area (Å²) in [7, 11) is 2.26. The number of nitrogens with zero attached hydrogens (tertiary/aromatic N) is 1. The molecule has 21 heavy (non-hydrogen) atoms. The number of hydrogen-bond donors (Lipinski definition) is 1. The Bertz CT molecular complexity index is 445. The van der Waals surface area contributed by atoms with Crippen molar-refractivity contribution >= 4 is 11.6 Å². The molecule has 1 aliphatic carbocycles. The highest BCUT2D eigenvalue weighted by Gasteiger charge is 2.34. The van der Waals surface area contributed by atoms with Crippen molar-refractivity contribution < 1.29 is 0 Å². The SMILES string of the molecule is CC1CCCC(N(C)C(C)(CN)Cc2ccc(Cl)cc2)C1. The third-order valence-corrected chi connectivity index (χ3v) is 5.50. The maximum atomic E-state index is 6.16. The quantitative estimate of drug-likeness (QED) is 0.887. The Morgan fingerprint density at radius 1 is 1.29 bits per heavy atom. The van der Waals surface area contributed by atoms with Crippen LogP contribution in [-0.4, -0.2) is 30.1 Å². The Hall–Kier alpha value is -0.570. The number of halogens is 1. The summed E-state index contributed by atoms with van der Waals surface area (Å²) in [5.41, 5.74) is 7.48. The molecule has 2 N–H and O–H groups in total. The molecule has 0 amide bonds. The van der Waals surface area contributed by atoms with Crippen molar-refractivity contribution in [2.24, 2.45) is 11.7 Å². The number of hydrogen-bond acceptors (Lipinski definition) is 2. The maximum absolute atomic E-state index is 6.16. The first-order chi connectivity index (χ1) is 9.94. The van der Waals surface area contributed by atoms with E-state index in [4.69, 9.17) is 17.3 Å². The van der Waals surface area contributed by atoms with Crippen LogP contribution >= 0.6 is 11.6 Å². The summed E-state index contributed by atoms with van der Waals surface area (Å²) in [6.45, 7) is 5.34. The Morgan fingerprint density at radius 2 is 1.95 bits per heavy atom. The van der Waals surface area contributed by atoms with Crippen molar-refractivity contribution in [1.29, 1.82) is 0 Å². The molecule has 1 aromatic carbocycles. The third-order valence-electron chi connectivity index (χ3n) is 5.25. The van der Waals surface area contributed by atoms with Crippen LogP contribution in [0.5, 0.6) is 0 Å². The van der Waals surface area contributed by atoms with Gasteiger partial charge in [-0.15, -0.1) is 0 Å². The fourth-order valence-electron chi connectivity index (χ4n) is 3.58. The van der Waals surface area contributed by atoms with Gasteiger partial charge in [-0.1, -0.05) is 43.5 Å². The van der Waals surface area contributed by atoms with Crippen LogP contribution in [0.25, 0.3) is 0 Å². The van der Waals surface area contributed by atoms with E-state index in [1.165, 1.54) is 31.2 Å². The summed E-state index contributed by atoms with van der Waals surface area (Å²) in [5.74, 6) is 0.837. The van der Waals surface area contributed by atoms with E-state index in [9.17, 15) is 0 Å². The van der Waals surface area contributed by atoms with Gasteiger partial charge in [0.1, 0.15) is 0 Å². The molecule has 0 radical (unpaired) electrons. The Balaban J connectivity index is 2.09. The Kier molecular flexibility index (Phi) is 5.70. The molecule has 3 unspecified atom stereocenters. The first-order valence-corrected chi connectivity index (χ1v) is 8.50. The van der Waals surface area contributed by atoms with E-state index in [1.807, 2.05) is 12.1 Å². The van der Waals surface area contributed by atoms with Crippen molar-refractivity contribution in [3.8, 4) is 0 Å². The molecule has 0 aliphatic heterocycles. The third kappa shape index (κ3) is 4.21. The highest BCUT2D eigenvalue weighted by Crippen LogP contribution is 2.31. The number of nitrogens with two attached hydrogens (primary N) is 1. The second-order valence-electron chi connectivity index (χ2n) is 7.04. The Labute approximate surface area is 134 Å². The lowest BCUT2D eigenvalue weighted by Crippen LogP contribution is -2.56. The summed E-state index contributed by atoms with van der Waals surface area (Å²) in [6, 6.07) is 8.84. The normalized spacial score (nSPS) is 25.8. The van der Waals surface area contributed by atoms with Crippen LogP contribution in [0.1, 0.15) is 45.1 Å². The summed E-state index contributed by atoms with van der Waals surface area (Å²) in [4.78, 5) is 2.54. The van der Waals surface area contributed by atoms with Crippen LogP contribution in [-0.2, 0) is 6.42 Å². The molecule has 3 atom stereocenters. The largest absolute Gasteiger partial charge is 0.329 e. The lowest BCUT2D eigenvalue weighted by molar-refractivity contribution is 0.0589. The van der Waals surface area contributed by atoms with E-state index in [0.717, 1.165) is 17.4 Å². The highest BCUT2D eigenvalue weighted by atomic mass is 35.5. The molecule has 118 valence electrons. The number of rotatable bonds is 5. The van der Waals surface area contributed by atoms with Crippen LogP contribution in [0.3, 0.4) is 0 Å². The van der Waals surface area contributed by atoms with E-state index < -0.39 is 0 Å². The van der Waals surface area contributed by atoms with Gasteiger partial charge in [-0.25, -0.2) is 0 Å². The first-order valence-electron chi connectivity index (χ1n) is 8.12. The van der Waals surface area contributed by atoms with Crippen LogP contribution < -0.4 is 5.73 Å². The molecular formula is C18H29ClN2. The molecule has 1 aliphatic rings. The molecule has 0 bridgehead atoms. The van der Waals surface area contributed by atoms with Crippen molar-refractivity contribution in [3.63, 3.8) is 0 Å². The predicted molar refractivity (Wildman–Crippen MR) is 91.8 cm³/mol. The van der Waals surface area contributed by atoms with Crippen LogP contribution in [0.4, 0.5) is 0 Å². The summed E-state index contributed by atoms with van der Waals surface area (Å²) >= 11 is 5.98. The summed E-state index contributed by atoms with van der Waals surface area (Å²) < 4.78 is 0. The van der Waals surface area contributed by atoms with Gasteiger partial charge in [0.25, 0.3) is 0 Å². The van der Waals surface area contributed by atoms with Gasteiger partial charge in [0.2, 0.25) is 0 Å². The summed E-state index contributed by atoms with van der Waals surface area (Å²) in [6.07, 6.45) is 6.30. The van der Waals surface area contributed by atoms with E-state index >= 15 is 0 Å². The van der Waals surface area contributed by atoms with Gasteiger partial charge in [0, 0.05) is 23.1 Å². The van der Waals surface area contributed by atoms with Crippen LogP contribution in [0.2, 0.25) is 5.02 Å². The maximum Gasteiger partial charge on any atom is 0.0406 e. The lowest BCUT2D eigenvalue weighted by atomic mass is 9.82. The minimum atomic E-state index is 0.00948. The van der Waals surface area contributed by atoms with Gasteiger partial charge in [0.15, 0.2) is 0 Å². The van der Waals surface area contributed by atoms with E-state index in [-0.39, 0.29) is 5.54 Å². The number of benzene rings is 1. The van der Waals surface area contributed by atoms with E-state index in [1.54, 1.807) is 0 Å². The lowest BCUT2D eigenvalue weighted by Gasteiger charge is -2.45. The molecule has 1 fully saturated rings. The molecule has 2 rings (SSSR count). The molecule has 0 heterocycles. The molecule has 2 nitrogen and oxygen atoms in total. The monoisotopic (exact) mass is 308 g/mol. The number of likely N-dealkylation sites (N-methyl/N-ethyl adjacent to an activating group) is 1. The van der Waals surface area contributed by atoms with Gasteiger partial charge in [-0.3, -0.25) is 4.90 Å². The summed E-state index contributed by atoms with van der Waals surface area (Å²) in [5, 5.41) is 0.794. The van der Waals surface area contributed by atoms with Gasteiger partial charge in [-0.2, -0.15) is 0 Å². The van der Waals surface area contributed by atoms with E-state index in [0.29, 0.717) is 12.6 Å².